The lowest BCUT2D eigenvalue weighted by molar-refractivity contribution is -0.141. The van der Waals surface area contributed by atoms with E-state index in [4.69, 9.17) is 4.74 Å². The smallest absolute Gasteiger partial charge is 0.326 e. The van der Waals surface area contributed by atoms with Crippen molar-refractivity contribution in [2.24, 2.45) is 0 Å². The highest BCUT2D eigenvalue weighted by atomic mass is 16.5. The van der Waals surface area contributed by atoms with E-state index in [0.29, 0.717) is 16.9 Å². The van der Waals surface area contributed by atoms with Gasteiger partial charge in [-0.05, 0) is 55.3 Å². The molecule has 0 aliphatic heterocycles. The third-order valence-electron chi connectivity index (χ3n) is 4.98. The maximum Gasteiger partial charge on any atom is 0.326 e. The number of aliphatic carboxylic acids is 1. The number of hydrogen-bond acceptors (Lipinski definition) is 4. The molecule has 0 fully saturated rings. The number of ether oxygens (including phenoxy) is 1. The van der Waals surface area contributed by atoms with Crippen molar-refractivity contribution in [1.82, 2.24) is 10.6 Å². The second-order valence-corrected chi connectivity index (χ2v) is 8.17. The third-order valence-corrected chi connectivity index (χ3v) is 4.98. The van der Waals surface area contributed by atoms with Crippen molar-refractivity contribution in [3.05, 3.63) is 107 Å². The third kappa shape index (κ3) is 7.85. The first-order valence-corrected chi connectivity index (χ1v) is 11.2. The number of rotatable bonds is 10. The van der Waals surface area contributed by atoms with Gasteiger partial charge in [0.2, 0.25) is 0 Å². The number of hydrogen-bond donors (Lipinski definition) is 3. The molecule has 0 heterocycles. The fourth-order valence-electron chi connectivity index (χ4n) is 3.31. The number of carbonyl (C=O) groups excluding carboxylic acids is 2. The van der Waals surface area contributed by atoms with Gasteiger partial charge in [-0.1, -0.05) is 60.7 Å². The molecule has 2 amide bonds. The topological polar surface area (TPSA) is 105 Å². The number of carboxylic acid groups (broad SMARTS) is 1. The predicted octanol–water partition coefficient (Wildman–Crippen LogP) is 4.06. The summed E-state index contributed by atoms with van der Waals surface area (Å²) in [4.78, 5) is 37.8. The molecule has 0 saturated carbocycles. The Bertz CT molecular complexity index is 1170. The van der Waals surface area contributed by atoms with Gasteiger partial charge in [0.05, 0.1) is 6.10 Å². The van der Waals surface area contributed by atoms with Gasteiger partial charge in [-0.2, -0.15) is 0 Å². The summed E-state index contributed by atoms with van der Waals surface area (Å²) >= 11 is 0. The number of benzene rings is 3. The maximum atomic E-state index is 13.1. The molecule has 0 aliphatic rings. The Kier molecular flexibility index (Phi) is 8.78. The molecule has 35 heavy (non-hydrogen) atoms. The second-order valence-electron chi connectivity index (χ2n) is 8.17. The Morgan fingerprint density at radius 1 is 0.886 bits per heavy atom. The van der Waals surface area contributed by atoms with Crippen molar-refractivity contribution in [1.29, 1.82) is 0 Å². The Morgan fingerprint density at radius 2 is 1.49 bits per heavy atom. The van der Waals surface area contributed by atoms with E-state index in [2.05, 4.69) is 10.6 Å². The molecular weight excluding hydrogens is 444 g/mol. The van der Waals surface area contributed by atoms with Crippen LogP contribution >= 0.6 is 0 Å². The van der Waals surface area contributed by atoms with Gasteiger partial charge >= 0.3 is 5.97 Å². The Labute approximate surface area is 204 Å². The lowest BCUT2D eigenvalue weighted by atomic mass is 10.1. The van der Waals surface area contributed by atoms with E-state index in [1.165, 1.54) is 6.08 Å². The number of carboxylic acids is 1. The highest BCUT2D eigenvalue weighted by Gasteiger charge is 2.23. The fraction of sp³-hybridized carbons (Fsp3) is 0.179. The molecular formula is C28H28N2O5. The van der Waals surface area contributed by atoms with Crippen molar-refractivity contribution in [2.45, 2.75) is 32.4 Å². The second kappa shape index (κ2) is 12.2. The predicted molar refractivity (Wildman–Crippen MR) is 134 cm³/mol. The average molecular weight is 473 g/mol. The van der Waals surface area contributed by atoms with Gasteiger partial charge in [-0.3, -0.25) is 9.59 Å². The molecule has 3 aromatic carbocycles. The van der Waals surface area contributed by atoms with Gasteiger partial charge in [0.1, 0.15) is 17.5 Å². The van der Waals surface area contributed by atoms with E-state index in [1.54, 1.807) is 78.9 Å². The summed E-state index contributed by atoms with van der Waals surface area (Å²) in [5.74, 6) is -1.70. The number of nitrogens with one attached hydrogen (secondary N) is 2. The molecule has 3 rings (SSSR count). The maximum absolute atomic E-state index is 13.1. The van der Waals surface area contributed by atoms with E-state index in [-0.39, 0.29) is 18.2 Å². The molecule has 0 radical (unpaired) electrons. The van der Waals surface area contributed by atoms with E-state index in [0.717, 1.165) is 5.56 Å². The van der Waals surface area contributed by atoms with Crippen molar-refractivity contribution in [3.8, 4) is 5.75 Å². The van der Waals surface area contributed by atoms with E-state index in [9.17, 15) is 19.5 Å². The van der Waals surface area contributed by atoms with Crippen LogP contribution < -0.4 is 15.4 Å². The van der Waals surface area contributed by atoms with Crippen LogP contribution in [0.4, 0.5) is 0 Å². The van der Waals surface area contributed by atoms with Gasteiger partial charge in [0.15, 0.2) is 0 Å². The van der Waals surface area contributed by atoms with Crippen molar-refractivity contribution in [3.63, 3.8) is 0 Å². The Balaban J connectivity index is 1.85. The quantitative estimate of drug-likeness (QED) is 0.386. The largest absolute Gasteiger partial charge is 0.491 e. The van der Waals surface area contributed by atoms with Crippen LogP contribution in [0.5, 0.6) is 5.75 Å². The molecule has 1 atom stereocenters. The molecule has 7 nitrogen and oxygen atoms in total. The van der Waals surface area contributed by atoms with Crippen LogP contribution in [0.1, 0.15) is 35.3 Å². The molecule has 180 valence electrons. The first-order valence-electron chi connectivity index (χ1n) is 11.2. The van der Waals surface area contributed by atoms with Gasteiger partial charge in [0.25, 0.3) is 11.8 Å². The van der Waals surface area contributed by atoms with Crippen molar-refractivity contribution in [2.75, 3.05) is 0 Å². The van der Waals surface area contributed by atoms with Crippen LogP contribution in [0.25, 0.3) is 6.08 Å². The highest BCUT2D eigenvalue weighted by Crippen LogP contribution is 2.16. The zero-order chi connectivity index (χ0) is 25.2. The van der Waals surface area contributed by atoms with Gasteiger partial charge in [-0.15, -0.1) is 0 Å². The van der Waals surface area contributed by atoms with Crippen molar-refractivity contribution >= 4 is 23.9 Å². The van der Waals surface area contributed by atoms with Crippen LogP contribution in [-0.4, -0.2) is 35.0 Å². The molecule has 3 aromatic rings. The molecule has 0 aliphatic carbocycles. The van der Waals surface area contributed by atoms with Gasteiger partial charge < -0.3 is 20.5 Å². The lowest BCUT2D eigenvalue weighted by Crippen LogP contribution is -2.45. The summed E-state index contributed by atoms with van der Waals surface area (Å²) < 4.78 is 5.64. The first-order chi connectivity index (χ1) is 16.8. The van der Waals surface area contributed by atoms with Crippen LogP contribution in [0, 0.1) is 0 Å². The van der Waals surface area contributed by atoms with Crippen molar-refractivity contribution < 1.29 is 24.2 Å². The van der Waals surface area contributed by atoms with Crippen LogP contribution in [0.3, 0.4) is 0 Å². The summed E-state index contributed by atoms with van der Waals surface area (Å²) in [6.07, 6.45) is 1.61. The molecule has 7 heteroatoms. The van der Waals surface area contributed by atoms with E-state index in [1.807, 2.05) is 19.9 Å². The highest BCUT2D eigenvalue weighted by molar-refractivity contribution is 6.06. The lowest BCUT2D eigenvalue weighted by Gasteiger charge is -2.17. The molecule has 0 saturated heterocycles. The average Bonchev–Trinajstić information content (AvgIpc) is 2.85. The van der Waals surface area contributed by atoms with Crippen LogP contribution in [-0.2, 0) is 16.0 Å². The van der Waals surface area contributed by atoms with Gasteiger partial charge in [-0.25, -0.2) is 4.79 Å². The van der Waals surface area contributed by atoms with E-state index < -0.39 is 23.8 Å². The first kappa shape index (κ1) is 25.2. The summed E-state index contributed by atoms with van der Waals surface area (Å²) in [5.41, 5.74) is 1.69. The summed E-state index contributed by atoms with van der Waals surface area (Å²) in [6, 6.07) is 23.3. The number of amides is 2. The minimum atomic E-state index is -1.18. The summed E-state index contributed by atoms with van der Waals surface area (Å²) in [7, 11) is 0. The Morgan fingerprint density at radius 3 is 2.06 bits per heavy atom. The monoisotopic (exact) mass is 472 g/mol. The normalized spacial score (nSPS) is 12.0. The van der Waals surface area contributed by atoms with Crippen LogP contribution in [0.15, 0.2) is 90.6 Å². The zero-order valence-electron chi connectivity index (χ0n) is 19.6. The molecule has 0 spiro atoms. The van der Waals surface area contributed by atoms with E-state index >= 15 is 0 Å². The Hall–Kier alpha value is -4.39. The minimum Gasteiger partial charge on any atom is -0.491 e. The fourth-order valence-corrected chi connectivity index (χ4v) is 3.31. The summed E-state index contributed by atoms with van der Waals surface area (Å²) in [6.45, 7) is 3.84. The zero-order valence-corrected chi connectivity index (χ0v) is 19.6. The standard InChI is InChI=1S/C28H28N2O5/c1-19(2)35-23-15-13-21(14-16-23)17-24(29-26(31)22-11-7-4-8-12-22)27(32)30-25(28(33)34)18-20-9-5-3-6-10-20/h3-17,19,25H,18H2,1-2H3,(H,29,31)(H,30,32)(H,33,34)/b24-17+/t25-/m1/s1. The van der Waals surface area contributed by atoms with Gasteiger partial charge in [0, 0.05) is 12.0 Å². The van der Waals surface area contributed by atoms with Crippen LogP contribution in [0.2, 0.25) is 0 Å². The minimum absolute atomic E-state index is 0.0143. The summed E-state index contributed by atoms with van der Waals surface area (Å²) in [5, 5.41) is 14.8. The molecule has 0 bridgehead atoms. The SMILES string of the molecule is CC(C)Oc1ccc(/C=C(/NC(=O)c2ccccc2)C(=O)N[C@H](Cc2ccccc2)C(=O)O)cc1. The number of carbonyl (C=O) groups is 3. The molecule has 3 N–H and O–H groups in total. The molecule has 0 unspecified atom stereocenters. The molecule has 0 aromatic heterocycles.